The first-order chi connectivity index (χ1) is 8.36. The van der Waals surface area contributed by atoms with Gasteiger partial charge in [0.2, 0.25) is 0 Å². The van der Waals surface area contributed by atoms with Gasteiger partial charge in [-0.05, 0) is 33.6 Å². The van der Waals surface area contributed by atoms with Crippen LogP contribution in [0.5, 0.6) is 0 Å². The zero-order valence-electron chi connectivity index (χ0n) is 11.3. The monoisotopic (exact) mass is 256 g/mol. The number of ketones is 1. The van der Waals surface area contributed by atoms with Crippen LogP contribution in [0.3, 0.4) is 0 Å². The van der Waals surface area contributed by atoms with Crippen LogP contribution in [0.15, 0.2) is 0 Å². The number of ether oxygens (including phenoxy) is 2. The highest BCUT2D eigenvalue weighted by Crippen LogP contribution is 2.37. The predicted octanol–water partition coefficient (Wildman–Crippen LogP) is 1.49. The lowest BCUT2D eigenvalue weighted by Gasteiger charge is -2.23. The summed E-state index contributed by atoms with van der Waals surface area (Å²) in [6, 6.07) is 0. The van der Waals surface area contributed by atoms with Gasteiger partial charge in [-0.25, -0.2) is 0 Å². The van der Waals surface area contributed by atoms with Crippen molar-refractivity contribution >= 4 is 17.7 Å². The van der Waals surface area contributed by atoms with Crippen molar-refractivity contribution in [2.24, 2.45) is 11.3 Å². The van der Waals surface area contributed by atoms with Crippen molar-refractivity contribution in [2.45, 2.75) is 46.6 Å². The molecule has 0 aromatic rings. The molecule has 0 aliphatic heterocycles. The van der Waals surface area contributed by atoms with E-state index in [0.717, 1.165) is 0 Å². The van der Waals surface area contributed by atoms with E-state index in [9.17, 15) is 14.4 Å². The molecule has 18 heavy (non-hydrogen) atoms. The lowest BCUT2D eigenvalue weighted by atomic mass is 9.88. The Hall–Kier alpha value is -1.39. The number of hydrogen-bond donors (Lipinski definition) is 0. The lowest BCUT2D eigenvalue weighted by Crippen LogP contribution is -2.39. The molecule has 3 unspecified atom stereocenters. The third-order valence-corrected chi connectivity index (χ3v) is 3.40. The highest BCUT2D eigenvalue weighted by atomic mass is 16.6. The minimum atomic E-state index is -1.28. The van der Waals surface area contributed by atoms with E-state index in [1.54, 1.807) is 13.8 Å². The van der Waals surface area contributed by atoms with Crippen molar-refractivity contribution in [3.63, 3.8) is 0 Å². The molecule has 0 spiro atoms. The molecular formula is C13H20O5. The molecular weight excluding hydrogens is 236 g/mol. The zero-order chi connectivity index (χ0) is 13.9. The number of carbonyl (C=O) groups excluding carboxylic acids is 3. The maximum Gasteiger partial charge on any atom is 0.323 e. The van der Waals surface area contributed by atoms with Crippen molar-refractivity contribution < 1.29 is 23.9 Å². The fraction of sp³-hybridized carbons (Fsp3) is 0.769. The number of hydrogen-bond acceptors (Lipinski definition) is 5. The number of rotatable bonds is 6. The van der Waals surface area contributed by atoms with Crippen LogP contribution in [0.1, 0.15) is 40.5 Å². The number of Topliss-reactive ketones (excluding diaryl/α,β-unsaturated/α-hetero) is 1. The Morgan fingerprint density at radius 3 is 2.22 bits per heavy atom. The van der Waals surface area contributed by atoms with Gasteiger partial charge in [0.15, 0.2) is 5.41 Å². The molecule has 5 heteroatoms. The summed E-state index contributed by atoms with van der Waals surface area (Å²) < 4.78 is 10.1. The van der Waals surface area contributed by atoms with Gasteiger partial charge in [-0.2, -0.15) is 0 Å². The average Bonchev–Trinajstić information content (AvgIpc) is 3.07. The highest BCUT2D eigenvalue weighted by molar-refractivity contribution is 5.99. The molecule has 0 N–H and O–H groups in total. The average molecular weight is 256 g/mol. The maximum atomic E-state index is 12.0. The van der Waals surface area contributed by atoms with Gasteiger partial charge in [-0.1, -0.05) is 6.92 Å². The van der Waals surface area contributed by atoms with Crippen molar-refractivity contribution in [2.75, 3.05) is 6.61 Å². The van der Waals surface area contributed by atoms with Crippen LogP contribution in [-0.2, 0) is 23.9 Å². The van der Waals surface area contributed by atoms with E-state index in [-0.39, 0.29) is 24.4 Å². The molecule has 1 fully saturated rings. The highest BCUT2D eigenvalue weighted by Gasteiger charge is 2.49. The first-order valence-electron chi connectivity index (χ1n) is 6.25. The van der Waals surface area contributed by atoms with E-state index in [4.69, 9.17) is 9.47 Å². The van der Waals surface area contributed by atoms with Crippen LogP contribution < -0.4 is 0 Å². The second-order valence-corrected chi connectivity index (χ2v) is 4.80. The third-order valence-electron chi connectivity index (χ3n) is 3.40. The van der Waals surface area contributed by atoms with E-state index >= 15 is 0 Å². The largest absolute Gasteiger partial charge is 0.465 e. The smallest absolute Gasteiger partial charge is 0.323 e. The standard InChI is InChI=1S/C13H20O5/c1-5-13(4,11(15)17-6-2)12(16)18-10-7-9(10)8(3)14/h9-10H,5-7H2,1-4H3. The van der Waals surface area contributed by atoms with Crippen LogP contribution in [-0.4, -0.2) is 30.4 Å². The maximum absolute atomic E-state index is 12.0. The molecule has 3 atom stereocenters. The molecule has 0 aromatic carbocycles. The second-order valence-electron chi connectivity index (χ2n) is 4.80. The first kappa shape index (κ1) is 14.7. The van der Waals surface area contributed by atoms with Gasteiger partial charge in [0, 0.05) is 0 Å². The second kappa shape index (κ2) is 5.50. The van der Waals surface area contributed by atoms with E-state index < -0.39 is 17.4 Å². The summed E-state index contributed by atoms with van der Waals surface area (Å²) in [5, 5.41) is 0. The SMILES string of the molecule is CCOC(=O)C(C)(CC)C(=O)OC1CC1C(C)=O. The normalized spacial score (nSPS) is 24.9. The van der Waals surface area contributed by atoms with E-state index in [0.29, 0.717) is 12.8 Å². The van der Waals surface area contributed by atoms with Gasteiger partial charge < -0.3 is 9.47 Å². The fourth-order valence-corrected chi connectivity index (χ4v) is 1.66. The predicted molar refractivity (Wildman–Crippen MR) is 63.7 cm³/mol. The van der Waals surface area contributed by atoms with Crippen LogP contribution >= 0.6 is 0 Å². The van der Waals surface area contributed by atoms with Gasteiger partial charge in [-0.3, -0.25) is 14.4 Å². The fourth-order valence-electron chi connectivity index (χ4n) is 1.66. The Morgan fingerprint density at radius 1 is 1.22 bits per heavy atom. The van der Waals surface area contributed by atoms with Gasteiger partial charge >= 0.3 is 11.9 Å². The van der Waals surface area contributed by atoms with E-state index in [1.165, 1.54) is 13.8 Å². The Kier molecular flexibility index (Phi) is 4.48. The molecule has 1 aliphatic rings. The Labute approximate surface area is 107 Å². The minimum Gasteiger partial charge on any atom is -0.465 e. The molecule has 1 aliphatic carbocycles. The molecule has 102 valence electrons. The zero-order valence-corrected chi connectivity index (χ0v) is 11.3. The van der Waals surface area contributed by atoms with Crippen LogP contribution in [0.2, 0.25) is 0 Å². The van der Waals surface area contributed by atoms with Crippen LogP contribution in [0.4, 0.5) is 0 Å². The topological polar surface area (TPSA) is 69.7 Å². The molecule has 1 rings (SSSR count). The van der Waals surface area contributed by atoms with Crippen LogP contribution in [0, 0.1) is 11.3 Å². The van der Waals surface area contributed by atoms with Crippen molar-refractivity contribution in [3.8, 4) is 0 Å². The minimum absolute atomic E-state index is 0.0159. The molecule has 0 saturated heterocycles. The van der Waals surface area contributed by atoms with E-state index in [1.807, 2.05) is 0 Å². The molecule has 0 radical (unpaired) electrons. The van der Waals surface area contributed by atoms with Gasteiger partial charge in [0.25, 0.3) is 0 Å². The molecule has 0 amide bonds. The third kappa shape index (κ3) is 2.89. The number of carbonyl (C=O) groups is 3. The quantitative estimate of drug-likeness (QED) is 0.532. The first-order valence-corrected chi connectivity index (χ1v) is 6.25. The number of esters is 2. The summed E-state index contributed by atoms with van der Waals surface area (Å²) in [7, 11) is 0. The molecule has 0 heterocycles. The van der Waals surface area contributed by atoms with E-state index in [2.05, 4.69) is 0 Å². The Balaban J connectivity index is 2.63. The van der Waals surface area contributed by atoms with Crippen molar-refractivity contribution in [1.82, 2.24) is 0 Å². The molecule has 0 bridgehead atoms. The Morgan fingerprint density at radius 2 is 1.83 bits per heavy atom. The summed E-state index contributed by atoms with van der Waals surface area (Å²) in [6.07, 6.45) is 0.501. The Bertz CT molecular complexity index is 362. The summed E-state index contributed by atoms with van der Waals surface area (Å²) in [6.45, 7) is 6.63. The van der Waals surface area contributed by atoms with Crippen LogP contribution in [0.25, 0.3) is 0 Å². The van der Waals surface area contributed by atoms with Gasteiger partial charge in [0.1, 0.15) is 11.9 Å². The van der Waals surface area contributed by atoms with Gasteiger partial charge in [0.05, 0.1) is 12.5 Å². The molecule has 0 aromatic heterocycles. The molecule has 5 nitrogen and oxygen atoms in total. The molecule has 1 saturated carbocycles. The lowest BCUT2D eigenvalue weighted by molar-refractivity contribution is -0.172. The summed E-state index contributed by atoms with van der Waals surface area (Å²) in [5.74, 6) is -1.35. The summed E-state index contributed by atoms with van der Waals surface area (Å²) >= 11 is 0. The van der Waals surface area contributed by atoms with Crippen molar-refractivity contribution in [3.05, 3.63) is 0 Å². The summed E-state index contributed by atoms with van der Waals surface area (Å²) in [5.41, 5.74) is -1.28. The van der Waals surface area contributed by atoms with Crippen molar-refractivity contribution in [1.29, 1.82) is 0 Å². The van der Waals surface area contributed by atoms with Gasteiger partial charge in [-0.15, -0.1) is 0 Å². The summed E-state index contributed by atoms with van der Waals surface area (Å²) in [4.78, 5) is 34.8.